The van der Waals surface area contributed by atoms with E-state index in [0.717, 1.165) is 18.4 Å². The zero-order chi connectivity index (χ0) is 18.8. The molecule has 0 aromatic heterocycles. The quantitative estimate of drug-likeness (QED) is 0.549. The van der Waals surface area contributed by atoms with E-state index in [0.29, 0.717) is 24.5 Å². The van der Waals surface area contributed by atoms with Gasteiger partial charge >= 0.3 is 0 Å². The highest BCUT2D eigenvalue weighted by molar-refractivity contribution is 5.79. The minimum absolute atomic E-state index is 0.00466. The highest BCUT2D eigenvalue weighted by atomic mass is 16.6. The highest BCUT2D eigenvalue weighted by Gasteiger charge is 2.52. The van der Waals surface area contributed by atoms with Crippen molar-refractivity contribution in [3.05, 3.63) is 33.9 Å². The zero-order valence-corrected chi connectivity index (χ0v) is 15.5. The Kier molecular flexibility index (Phi) is 5.34. The van der Waals surface area contributed by atoms with E-state index in [1.54, 1.807) is 14.2 Å². The molecule has 2 aliphatic rings. The second kappa shape index (κ2) is 7.51. The summed E-state index contributed by atoms with van der Waals surface area (Å²) in [5, 5.41) is 11.0. The van der Waals surface area contributed by atoms with E-state index in [9.17, 15) is 14.9 Å². The fraction of sp³-hybridized carbons (Fsp3) is 0.632. The number of hydrogen-bond acceptors (Lipinski definition) is 5. The van der Waals surface area contributed by atoms with E-state index >= 15 is 0 Å². The molecule has 4 atom stereocenters. The number of carbonyl (C=O) groups excluding carboxylic acids is 1. The maximum atomic E-state index is 12.5. The minimum atomic E-state index is -0.236. The predicted molar refractivity (Wildman–Crippen MR) is 96.0 cm³/mol. The molecule has 142 valence electrons. The summed E-state index contributed by atoms with van der Waals surface area (Å²) in [7, 11) is 3.20. The van der Waals surface area contributed by atoms with Crippen LogP contribution in [-0.2, 0) is 11.2 Å². The Bertz CT molecular complexity index is 693. The Morgan fingerprint density at radius 3 is 2.65 bits per heavy atom. The lowest BCUT2D eigenvalue weighted by Gasteiger charge is -2.24. The molecular weight excluding hydrogens is 336 g/mol. The normalized spacial score (nSPS) is 27.5. The molecular formula is C19H26N2O5. The van der Waals surface area contributed by atoms with E-state index in [-0.39, 0.29) is 41.2 Å². The lowest BCUT2D eigenvalue weighted by molar-refractivity contribution is -0.490. The largest absolute Gasteiger partial charge is 0.493 e. The summed E-state index contributed by atoms with van der Waals surface area (Å²) in [5.41, 5.74) is 1.08. The topological polar surface area (TPSA) is 81.9 Å². The van der Waals surface area contributed by atoms with Gasteiger partial charge in [-0.15, -0.1) is 0 Å². The number of nitrogens with zero attached hydrogens (tertiary/aromatic N) is 2. The smallest absolute Gasteiger partial charge is 0.223 e. The third kappa shape index (κ3) is 3.48. The Balaban J connectivity index is 1.67. The van der Waals surface area contributed by atoms with Crippen molar-refractivity contribution < 1.29 is 19.2 Å². The van der Waals surface area contributed by atoms with Crippen molar-refractivity contribution in [2.24, 2.45) is 17.8 Å². The fourth-order valence-electron chi connectivity index (χ4n) is 4.65. The second-order valence-electron chi connectivity index (χ2n) is 7.35. The molecule has 3 rings (SSSR count). The predicted octanol–water partition coefficient (Wildman–Crippen LogP) is 2.40. The molecule has 0 radical (unpaired) electrons. The Morgan fingerprint density at radius 1 is 1.27 bits per heavy atom. The third-order valence-electron chi connectivity index (χ3n) is 5.97. The molecule has 0 spiro atoms. The number of likely N-dealkylation sites (tertiary alicyclic amines) is 1. The van der Waals surface area contributed by atoms with Gasteiger partial charge in [0.1, 0.15) is 0 Å². The first-order valence-electron chi connectivity index (χ1n) is 9.06. The first-order valence-corrected chi connectivity index (χ1v) is 9.06. The number of methoxy groups -OCH3 is 2. The van der Waals surface area contributed by atoms with Crippen molar-refractivity contribution in [2.75, 3.05) is 27.3 Å². The van der Waals surface area contributed by atoms with Gasteiger partial charge in [-0.2, -0.15) is 0 Å². The molecule has 1 aromatic carbocycles. The van der Waals surface area contributed by atoms with E-state index in [1.165, 1.54) is 0 Å². The van der Waals surface area contributed by atoms with Crippen molar-refractivity contribution in [3.8, 4) is 11.5 Å². The molecule has 7 nitrogen and oxygen atoms in total. The number of amides is 1. The summed E-state index contributed by atoms with van der Waals surface area (Å²) in [6, 6.07) is 5.92. The monoisotopic (exact) mass is 362 g/mol. The van der Waals surface area contributed by atoms with E-state index in [2.05, 4.69) is 6.92 Å². The lowest BCUT2D eigenvalue weighted by Crippen LogP contribution is -2.35. The Hall–Kier alpha value is -2.31. The van der Waals surface area contributed by atoms with Gasteiger partial charge in [0.15, 0.2) is 11.5 Å². The highest BCUT2D eigenvalue weighted by Crippen LogP contribution is 2.46. The number of rotatable bonds is 7. The summed E-state index contributed by atoms with van der Waals surface area (Å²) in [6.07, 6.45) is 2.03. The van der Waals surface area contributed by atoms with Gasteiger partial charge in [0.2, 0.25) is 12.5 Å². The first kappa shape index (κ1) is 18.5. The molecule has 1 saturated heterocycles. The third-order valence-corrected chi connectivity index (χ3v) is 5.97. The van der Waals surface area contributed by atoms with Crippen LogP contribution in [-0.4, -0.2) is 49.1 Å². The summed E-state index contributed by atoms with van der Waals surface area (Å²) < 4.78 is 10.6. The molecule has 1 aliphatic carbocycles. The number of hydrogen-bond donors (Lipinski definition) is 0. The van der Waals surface area contributed by atoms with Crippen molar-refractivity contribution in [2.45, 2.75) is 32.2 Å². The SMILES string of the molecule is COc1ccc(CCN2C(=O)C[C@@H]3[C@H](C[N+](=O)[O-])[C@@H](C)C[C@@H]32)cc1OC. The molecule has 1 aromatic rings. The average molecular weight is 362 g/mol. The van der Waals surface area contributed by atoms with Crippen LogP contribution in [0.15, 0.2) is 18.2 Å². The van der Waals surface area contributed by atoms with Crippen molar-refractivity contribution in [3.63, 3.8) is 0 Å². The van der Waals surface area contributed by atoms with Crippen LogP contribution in [0.2, 0.25) is 0 Å². The van der Waals surface area contributed by atoms with Crippen molar-refractivity contribution >= 4 is 5.91 Å². The van der Waals surface area contributed by atoms with Gasteiger partial charge in [0.05, 0.1) is 14.2 Å². The van der Waals surface area contributed by atoms with E-state index in [1.807, 2.05) is 23.1 Å². The molecule has 0 bridgehead atoms. The van der Waals surface area contributed by atoms with Crippen LogP contribution in [0.4, 0.5) is 0 Å². The van der Waals surface area contributed by atoms with Crippen molar-refractivity contribution in [1.82, 2.24) is 4.90 Å². The molecule has 0 N–H and O–H groups in total. The van der Waals surface area contributed by atoms with Gasteiger partial charge in [-0.05, 0) is 42.4 Å². The van der Waals surface area contributed by atoms with Crippen LogP contribution in [0.1, 0.15) is 25.3 Å². The number of carbonyl (C=O) groups is 1. The Morgan fingerprint density at radius 2 is 2.00 bits per heavy atom. The maximum Gasteiger partial charge on any atom is 0.223 e. The van der Waals surface area contributed by atoms with Gasteiger partial charge < -0.3 is 14.4 Å². The molecule has 1 amide bonds. The minimum Gasteiger partial charge on any atom is -0.493 e. The molecule has 7 heteroatoms. The molecule has 2 fully saturated rings. The van der Waals surface area contributed by atoms with E-state index < -0.39 is 0 Å². The fourth-order valence-corrected chi connectivity index (χ4v) is 4.65. The number of ether oxygens (including phenoxy) is 2. The van der Waals surface area contributed by atoms with Crippen LogP contribution < -0.4 is 9.47 Å². The van der Waals surface area contributed by atoms with Gasteiger partial charge in [0.25, 0.3) is 0 Å². The van der Waals surface area contributed by atoms with Gasteiger partial charge in [0, 0.05) is 29.8 Å². The molecule has 0 unspecified atom stereocenters. The molecule has 1 aliphatic heterocycles. The van der Waals surface area contributed by atoms with Crippen molar-refractivity contribution in [1.29, 1.82) is 0 Å². The summed E-state index contributed by atoms with van der Waals surface area (Å²) in [4.78, 5) is 25.1. The number of fused-ring (bicyclic) bond motifs is 1. The summed E-state index contributed by atoms with van der Waals surface area (Å²) >= 11 is 0. The Labute approximate surface area is 153 Å². The second-order valence-corrected chi connectivity index (χ2v) is 7.35. The van der Waals surface area contributed by atoms with Gasteiger partial charge in [-0.3, -0.25) is 14.9 Å². The number of benzene rings is 1. The van der Waals surface area contributed by atoms with Crippen LogP contribution in [0.5, 0.6) is 11.5 Å². The first-order chi connectivity index (χ1) is 12.4. The zero-order valence-electron chi connectivity index (χ0n) is 15.5. The number of nitro groups is 1. The van der Waals surface area contributed by atoms with E-state index in [4.69, 9.17) is 9.47 Å². The maximum absolute atomic E-state index is 12.5. The molecule has 26 heavy (non-hydrogen) atoms. The lowest BCUT2D eigenvalue weighted by atomic mass is 9.89. The summed E-state index contributed by atoms with van der Waals surface area (Å²) in [6.45, 7) is 2.68. The summed E-state index contributed by atoms with van der Waals surface area (Å²) in [5.74, 6) is 1.89. The van der Waals surface area contributed by atoms with Crippen LogP contribution in [0.25, 0.3) is 0 Å². The van der Waals surface area contributed by atoms with Crippen LogP contribution in [0.3, 0.4) is 0 Å². The standard InChI is InChI=1S/C19H26N2O5/c1-12-8-16-14(15(12)11-21(23)24)10-19(22)20(16)7-6-13-4-5-17(25-2)18(9-13)26-3/h4-5,9,12,14-16H,6-8,10-11H2,1-3H3/t12-,14+,15+,16-/m0/s1. The average Bonchev–Trinajstić information content (AvgIpc) is 3.07. The van der Waals surface area contributed by atoms with Crippen LogP contribution >= 0.6 is 0 Å². The van der Waals surface area contributed by atoms with Gasteiger partial charge in [-0.1, -0.05) is 13.0 Å². The molecule has 1 heterocycles. The molecule has 1 saturated carbocycles. The van der Waals surface area contributed by atoms with Gasteiger partial charge in [-0.25, -0.2) is 0 Å². The van der Waals surface area contributed by atoms with Crippen LogP contribution in [0, 0.1) is 27.9 Å².